The van der Waals surface area contributed by atoms with E-state index in [1.165, 1.54) is 4.90 Å². The van der Waals surface area contributed by atoms with Gasteiger partial charge >= 0.3 is 0 Å². The van der Waals surface area contributed by atoms with E-state index in [0.29, 0.717) is 11.5 Å². The Labute approximate surface area is 150 Å². The summed E-state index contributed by atoms with van der Waals surface area (Å²) in [4.78, 5) is 30.3. The quantitative estimate of drug-likeness (QED) is 0.769. The number of aryl methyl sites for hydroxylation is 1. The molecule has 2 amide bonds. The summed E-state index contributed by atoms with van der Waals surface area (Å²) < 4.78 is 7.03. The monoisotopic (exact) mass is 357 g/mol. The van der Waals surface area contributed by atoms with Crippen molar-refractivity contribution in [1.29, 1.82) is 0 Å². The van der Waals surface area contributed by atoms with Crippen molar-refractivity contribution in [3.63, 3.8) is 0 Å². The number of thioether (sulfide) groups is 1. The summed E-state index contributed by atoms with van der Waals surface area (Å²) in [6.45, 7) is 4.59. The number of rotatable bonds is 5. The van der Waals surface area contributed by atoms with E-state index in [0.717, 1.165) is 34.4 Å². The summed E-state index contributed by atoms with van der Waals surface area (Å²) in [6, 6.07) is 5.87. The maximum Gasteiger partial charge on any atom is 0.293 e. The normalized spacial score (nSPS) is 16.3. The number of aromatic nitrogens is 2. The molecule has 130 valence electrons. The van der Waals surface area contributed by atoms with E-state index in [2.05, 4.69) is 9.55 Å². The molecule has 3 rings (SSSR count). The number of carbonyl (C=O) groups is 2. The van der Waals surface area contributed by atoms with Gasteiger partial charge in [-0.25, -0.2) is 0 Å². The van der Waals surface area contributed by atoms with Crippen LogP contribution in [-0.2, 0) is 9.53 Å². The zero-order valence-electron chi connectivity index (χ0n) is 14.4. The Morgan fingerprint density at radius 1 is 1.32 bits per heavy atom. The average molecular weight is 357 g/mol. The molecule has 0 saturated carbocycles. The molecule has 1 aliphatic rings. The Bertz CT molecular complexity index is 843. The third kappa shape index (κ3) is 3.38. The molecule has 0 aliphatic carbocycles. The first-order valence-electron chi connectivity index (χ1n) is 7.86. The van der Waals surface area contributed by atoms with Crippen LogP contribution < -0.4 is 0 Å². The van der Waals surface area contributed by atoms with Crippen molar-refractivity contribution in [1.82, 2.24) is 14.5 Å². The number of hydrogen-bond donors (Lipinski definition) is 0. The molecule has 1 aliphatic heterocycles. The summed E-state index contributed by atoms with van der Waals surface area (Å²) in [6.07, 6.45) is 5.31. The number of nitrogens with zero attached hydrogens (tertiary/aromatic N) is 3. The van der Waals surface area contributed by atoms with E-state index >= 15 is 0 Å². The molecular formula is C18H19N3O3S. The number of methoxy groups -OCH3 is 1. The fourth-order valence-electron chi connectivity index (χ4n) is 2.83. The molecule has 2 aromatic heterocycles. The minimum atomic E-state index is -0.266. The van der Waals surface area contributed by atoms with E-state index < -0.39 is 0 Å². The van der Waals surface area contributed by atoms with Crippen LogP contribution in [0.25, 0.3) is 11.8 Å². The molecule has 0 N–H and O–H groups in total. The molecule has 25 heavy (non-hydrogen) atoms. The highest BCUT2D eigenvalue weighted by Crippen LogP contribution is 2.33. The van der Waals surface area contributed by atoms with E-state index in [1.54, 1.807) is 25.6 Å². The average Bonchev–Trinajstić information content (AvgIpc) is 3.03. The second-order valence-corrected chi connectivity index (χ2v) is 6.69. The van der Waals surface area contributed by atoms with Crippen LogP contribution in [0.1, 0.15) is 17.0 Å². The number of carbonyl (C=O) groups excluding carboxylic acids is 2. The van der Waals surface area contributed by atoms with Gasteiger partial charge in [-0.05, 0) is 55.4 Å². The molecule has 0 atom stereocenters. The smallest absolute Gasteiger partial charge is 0.293 e. The summed E-state index contributed by atoms with van der Waals surface area (Å²) >= 11 is 0.968. The van der Waals surface area contributed by atoms with Crippen LogP contribution in [0.15, 0.2) is 35.5 Å². The Kier molecular flexibility index (Phi) is 5.06. The third-order valence-corrected chi connectivity index (χ3v) is 4.96. The van der Waals surface area contributed by atoms with Gasteiger partial charge in [0.15, 0.2) is 0 Å². The van der Waals surface area contributed by atoms with Gasteiger partial charge in [0.1, 0.15) is 0 Å². The highest BCUT2D eigenvalue weighted by molar-refractivity contribution is 8.18. The van der Waals surface area contributed by atoms with Crippen molar-refractivity contribution in [2.45, 2.75) is 13.8 Å². The number of amides is 2. The summed E-state index contributed by atoms with van der Waals surface area (Å²) in [5, 5.41) is -0.255. The minimum absolute atomic E-state index is 0.255. The van der Waals surface area contributed by atoms with Crippen LogP contribution in [0.3, 0.4) is 0 Å². The molecule has 3 heterocycles. The standard InChI is InChI=1S/C18H19N3O3S/c1-12-9-14(13(2)21(12)15-5-4-6-19-11-15)10-16-17(22)20(7-8-24-3)18(23)25-16/h4-6,9-11H,7-8H2,1-3H3/b16-10+. The molecule has 1 fully saturated rings. The van der Waals surface area contributed by atoms with Crippen molar-refractivity contribution in [2.24, 2.45) is 0 Å². The van der Waals surface area contributed by atoms with Crippen LogP contribution >= 0.6 is 11.8 Å². The van der Waals surface area contributed by atoms with Crippen LogP contribution in [0.4, 0.5) is 4.79 Å². The molecule has 0 aromatic carbocycles. The van der Waals surface area contributed by atoms with Crippen LogP contribution in [0, 0.1) is 13.8 Å². The summed E-state index contributed by atoms with van der Waals surface area (Å²) in [5.74, 6) is -0.266. The van der Waals surface area contributed by atoms with Crippen molar-refractivity contribution in [3.8, 4) is 5.69 Å². The van der Waals surface area contributed by atoms with Gasteiger partial charge in [-0.3, -0.25) is 19.5 Å². The molecular weight excluding hydrogens is 338 g/mol. The summed E-state index contributed by atoms with van der Waals surface area (Å²) in [5.41, 5.74) is 3.91. The fourth-order valence-corrected chi connectivity index (χ4v) is 3.69. The maximum atomic E-state index is 12.4. The number of imide groups is 1. The molecule has 0 unspecified atom stereocenters. The Morgan fingerprint density at radius 3 is 2.80 bits per heavy atom. The first-order valence-corrected chi connectivity index (χ1v) is 8.68. The van der Waals surface area contributed by atoms with Gasteiger partial charge in [0, 0.05) is 24.7 Å². The largest absolute Gasteiger partial charge is 0.383 e. The molecule has 0 bridgehead atoms. The van der Waals surface area contributed by atoms with Crippen molar-refractivity contribution in [2.75, 3.05) is 20.3 Å². The predicted octanol–water partition coefficient (Wildman–Crippen LogP) is 3.17. The lowest BCUT2D eigenvalue weighted by atomic mass is 10.2. The second-order valence-electron chi connectivity index (χ2n) is 5.70. The maximum absolute atomic E-state index is 12.4. The van der Waals surface area contributed by atoms with Gasteiger partial charge < -0.3 is 9.30 Å². The van der Waals surface area contributed by atoms with E-state index in [9.17, 15) is 9.59 Å². The summed E-state index contributed by atoms with van der Waals surface area (Å²) in [7, 11) is 1.54. The van der Waals surface area contributed by atoms with Crippen molar-refractivity contribution < 1.29 is 14.3 Å². The van der Waals surface area contributed by atoms with Crippen molar-refractivity contribution >= 4 is 29.0 Å². The molecule has 2 aromatic rings. The van der Waals surface area contributed by atoms with Gasteiger partial charge in [0.05, 0.1) is 29.9 Å². The fraction of sp³-hybridized carbons (Fsp3) is 0.278. The zero-order valence-corrected chi connectivity index (χ0v) is 15.2. The first kappa shape index (κ1) is 17.4. The highest BCUT2D eigenvalue weighted by atomic mass is 32.2. The number of hydrogen-bond acceptors (Lipinski definition) is 5. The third-order valence-electron chi connectivity index (χ3n) is 4.05. The van der Waals surface area contributed by atoms with E-state index in [-0.39, 0.29) is 17.7 Å². The lowest BCUT2D eigenvalue weighted by Gasteiger charge is -2.10. The van der Waals surface area contributed by atoms with Crippen LogP contribution in [0.5, 0.6) is 0 Å². The van der Waals surface area contributed by atoms with E-state index in [4.69, 9.17) is 4.74 Å². The number of ether oxygens (including phenoxy) is 1. The van der Waals surface area contributed by atoms with Crippen LogP contribution in [0.2, 0.25) is 0 Å². The Morgan fingerprint density at radius 2 is 2.12 bits per heavy atom. The minimum Gasteiger partial charge on any atom is -0.383 e. The molecule has 1 saturated heterocycles. The van der Waals surface area contributed by atoms with E-state index in [1.807, 2.05) is 32.0 Å². The van der Waals surface area contributed by atoms with Crippen molar-refractivity contribution in [3.05, 3.63) is 52.4 Å². The Balaban J connectivity index is 1.93. The second kappa shape index (κ2) is 7.25. The Hall–Kier alpha value is -2.38. The molecule has 0 spiro atoms. The van der Waals surface area contributed by atoms with Gasteiger partial charge in [0.2, 0.25) is 0 Å². The van der Waals surface area contributed by atoms with Crippen LogP contribution in [-0.4, -0.2) is 45.9 Å². The topological polar surface area (TPSA) is 64.4 Å². The van der Waals surface area contributed by atoms with Gasteiger partial charge in [0.25, 0.3) is 11.1 Å². The molecule has 0 radical (unpaired) electrons. The van der Waals surface area contributed by atoms with Gasteiger partial charge in [-0.2, -0.15) is 0 Å². The highest BCUT2D eigenvalue weighted by Gasteiger charge is 2.34. The van der Waals surface area contributed by atoms with Gasteiger partial charge in [-0.1, -0.05) is 0 Å². The lowest BCUT2D eigenvalue weighted by molar-refractivity contribution is -0.123. The van der Waals surface area contributed by atoms with Gasteiger partial charge in [-0.15, -0.1) is 0 Å². The zero-order chi connectivity index (χ0) is 18.0. The predicted molar refractivity (Wildman–Crippen MR) is 97.6 cm³/mol. The molecule has 6 nitrogen and oxygen atoms in total. The molecule has 7 heteroatoms. The first-order chi connectivity index (χ1) is 12.0. The lowest BCUT2D eigenvalue weighted by Crippen LogP contribution is -2.31. The number of pyridine rings is 1. The SMILES string of the molecule is COCCN1C(=O)S/C(=C/c2cc(C)n(-c3cccnc3)c2C)C1=O.